The minimum absolute atomic E-state index is 0.0270. The molecule has 4 rings (SSSR count). The molecule has 164 valence electrons. The first-order valence-corrected chi connectivity index (χ1v) is 10.9. The zero-order chi connectivity index (χ0) is 23.0. The summed E-state index contributed by atoms with van der Waals surface area (Å²) < 4.78 is 10.6. The van der Waals surface area contributed by atoms with Crippen molar-refractivity contribution < 1.29 is 24.2 Å². The number of anilines is 1. The molecule has 0 aliphatic carbocycles. The van der Waals surface area contributed by atoms with Crippen molar-refractivity contribution in [3.63, 3.8) is 0 Å². The molecule has 1 fully saturated rings. The standard InChI is InChI=1S/C25H23NO5S/c1-14-7-8-16(12-15(14)2)26-22(20-6-5-11-32-20)21(24(28)25(26)29)23(27)18-10-9-17(30-3)13-19(18)31-4/h5-13,22,27H,1-4H3/b23-21-. The van der Waals surface area contributed by atoms with Gasteiger partial charge in [0.25, 0.3) is 11.7 Å². The number of aliphatic hydroxyl groups excluding tert-OH is 1. The lowest BCUT2D eigenvalue weighted by molar-refractivity contribution is -0.132. The number of hydrogen-bond acceptors (Lipinski definition) is 6. The fraction of sp³-hybridized carbons (Fsp3) is 0.200. The van der Waals surface area contributed by atoms with Crippen LogP contribution < -0.4 is 14.4 Å². The lowest BCUT2D eigenvalue weighted by Crippen LogP contribution is -2.29. The van der Waals surface area contributed by atoms with E-state index in [1.165, 1.54) is 30.5 Å². The molecule has 1 aliphatic rings. The molecule has 6 nitrogen and oxygen atoms in total. The lowest BCUT2D eigenvalue weighted by Gasteiger charge is -2.25. The molecular weight excluding hydrogens is 426 g/mol. The number of amides is 1. The van der Waals surface area contributed by atoms with E-state index < -0.39 is 17.7 Å². The number of carbonyl (C=O) groups is 2. The number of hydrogen-bond donors (Lipinski definition) is 1. The Kier molecular flexibility index (Phi) is 5.76. The molecule has 1 unspecified atom stereocenters. The molecule has 2 heterocycles. The molecule has 0 saturated carbocycles. The smallest absolute Gasteiger partial charge is 0.300 e. The van der Waals surface area contributed by atoms with E-state index in [9.17, 15) is 14.7 Å². The summed E-state index contributed by atoms with van der Waals surface area (Å²) >= 11 is 1.42. The molecule has 3 aromatic rings. The molecule has 0 radical (unpaired) electrons. The monoisotopic (exact) mass is 449 g/mol. The van der Waals surface area contributed by atoms with E-state index in [0.29, 0.717) is 22.7 Å². The summed E-state index contributed by atoms with van der Waals surface area (Å²) in [5, 5.41) is 13.2. The highest BCUT2D eigenvalue weighted by molar-refractivity contribution is 7.10. The average Bonchev–Trinajstić information content (AvgIpc) is 3.42. The number of methoxy groups -OCH3 is 2. The average molecular weight is 450 g/mol. The molecule has 1 saturated heterocycles. The Hall–Kier alpha value is -3.58. The van der Waals surface area contributed by atoms with Crippen LogP contribution in [0.25, 0.3) is 5.76 Å². The fourth-order valence-corrected chi connectivity index (χ4v) is 4.65. The predicted molar refractivity (Wildman–Crippen MR) is 125 cm³/mol. The van der Waals surface area contributed by atoms with Crippen LogP contribution in [0.3, 0.4) is 0 Å². The Bertz CT molecular complexity index is 1230. The summed E-state index contributed by atoms with van der Waals surface area (Å²) in [6, 6.07) is 13.5. The van der Waals surface area contributed by atoms with Gasteiger partial charge in [-0.2, -0.15) is 0 Å². The van der Waals surface area contributed by atoms with Gasteiger partial charge in [0.1, 0.15) is 23.3 Å². The van der Waals surface area contributed by atoms with Crippen molar-refractivity contribution in [1.82, 2.24) is 0 Å². The number of ether oxygens (including phenoxy) is 2. The van der Waals surface area contributed by atoms with E-state index in [1.54, 1.807) is 18.2 Å². The van der Waals surface area contributed by atoms with Crippen LogP contribution in [0, 0.1) is 13.8 Å². The molecule has 2 aromatic carbocycles. The second-order valence-electron chi connectivity index (χ2n) is 7.52. The van der Waals surface area contributed by atoms with Gasteiger partial charge < -0.3 is 14.6 Å². The first-order chi connectivity index (χ1) is 15.4. The SMILES string of the molecule is COc1ccc(/C(O)=C2/C(=O)C(=O)N(c3ccc(C)c(C)c3)C2c2cccs2)c(OC)c1. The number of nitrogens with zero attached hydrogens (tertiary/aromatic N) is 1. The van der Waals surface area contributed by atoms with Crippen LogP contribution in [0.5, 0.6) is 11.5 Å². The summed E-state index contributed by atoms with van der Waals surface area (Å²) in [6.07, 6.45) is 0. The zero-order valence-electron chi connectivity index (χ0n) is 18.2. The molecule has 1 aliphatic heterocycles. The Labute approximate surface area is 190 Å². The van der Waals surface area contributed by atoms with Crippen LogP contribution in [-0.4, -0.2) is 31.0 Å². The number of thiophene rings is 1. The highest BCUT2D eigenvalue weighted by Gasteiger charge is 2.47. The van der Waals surface area contributed by atoms with Crippen molar-refractivity contribution in [2.75, 3.05) is 19.1 Å². The van der Waals surface area contributed by atoms with Crippen LogP contribution in [0.15, 0.2) is 59.5 Å². The van der Waals surface area contributed by atoms with Gasteiger partial charge in [-0.1, -0.05) is 12.1 Å². The fourth-order valence-electron chi connectivity index (χ4n) is 3.83. The summed E-state index contributed by atoms with van der Waals surface area (Å²) in [7, 11) is 3.00. The molecule has 1 amide bonds. The predicted octanol–water partition coefficient (Wildman–Crippen LogP) is 5.01. The van der Waals surface area contributed by atoms with Gasteiger partial charge in [-0.05, 0) is 60.7 Å². The van der Waals surface area contributed by atoms with Crippen LogP contribution in [0.1, 0.15) is 27.6 Å². The largest absolute Gasteiger partial charge is 0.507 e. The molecule has 7 heteroatoms. The van der Waals surface area contributed by atoms with Crippen molar-refractivity contribution in [2.45, 2.75) is 19.9 Å². The second kappa shape index (κ2) is 8.51. The first kappa shape index (κ1) is 21.6. The second-order valence-corrected chi connectivity index (χ2v) is 8.50. The third-order valence-corrected chi connectivity index (χ3v) is 6.61. The Morgan fingerprint density at radius 1 is 1.00 bits per heavy atom. The topological polar surface area (TPSA) is 76.1 Å². The maximum Gasteiger partial charge on any atom is 0.300 e. The number of rotatable bonds is 5. The van der Waals surface area contributed by atoms with Crippen molar-refractivity contribution in [3.05, 3.63) is 81.1 Å². The molecule has 1 atom stereocenters. The molecule has 1 N–H and O–H groups in total. The van der Waals surface area contributed by atoms with Gasteiger partial charge in [0.15, 0.2) is 0 Å². The molecular formula is C25H23NO5S. The summed E-state index contributed by atoms with van der Waals surface area (Å²) in [6.45, 7) is 3.94. The highest BCUT2D eigenvalue weighted by atomic mass is 32.1. The number of aliphatic hydroxyl groups is 1. The number of ketones is 1. The van der Waals surface area contributed by atoms with E-state index >= 15 is 0 Å². The van der Waals surface area contributed by atoms with Gasteiger partial charge in [0, 0.05) is 16.6 Å². The Morgan fingerprint density at radius 3 is 2.41 bits per heavy atom. The van der Waals surface area contributed by atoms with Crippen molar-refractivity contribution in [1.29, 1.82) is 0 Å². The van der Waals surface area contributed by atoms with Crippen molar-refractivity contribution in [2.24, 2.45) is 0 Å². The Balaban J connectivity index is 1.94. The third-order valence-electron chi connectivity index (χ3n) is 5.69. The maximum atomic E-state index is 13.2. The van der Waals surface area contributed by atoms with Crippen molar-refractivity contribution >= 4 is 34.5 Å². The Morgan fingerprint density at radius 2 is 1.78 bits per heavy atom. The first-order valence-electron chi connectivity index (χ1n) is 10.0. The van der Waals surface area contributed by atoms with Crippen LogP contribution >= 0.6 is 11.3 Å². The van der Waals surface area contributed by atoms with E-state index in [2.05, 4.69) is 0 Å². The molecule has 0 spiro atoms. The normalized spacial score (nSPS) is 17.6. The van der Waals surface area contributed by atoms with E-state index in [0.717, 1.165) is 16.0 Å². The van der Waals surface area contributed by atoms with E-state index in [-0.39, 0.29) is 11.3 Å². The van der Waals surface area contributed by atoms with Crippen molar-refractivity contribution in [3.8, 4) is 11.5 Å². The van der Waals surface area contributed by atoms with Gasteiger partial charge in [0.2, 0.25) is 0 Å². The minimum atomic E-state index is -0.746. The van der Waals surface area contributed by atoms with Gasteiger partial charge in [-0.15, -0.1) is 11.3 Å². The van der Waals surface area contributed by atoms with E-state index in [1.807, 2.05) is 49.6 Å². The number of benzene rings is 2. The summed E-state index contributed by atoms with van der Waals surface area (Å²) in [5.41, 5.74) is 3.04. The van der Waals surface area contributed by atoms with E-state index in [4.69, 9.17) is 9.47 Å². The lowest BCUT2D eigenvalue weighted by atomic mass is 9.99. The van der Waals surface area contributed by atoms with Gasteiger partial charge in [0.05, 0.1) is 25.4 Å². The zero-order valence-corrected chi connectivity index (χ0v) is 19.0. The number of carbonyl (C=O) groups excluding carboxylic acids is 2. The third kappa shape index (κ3) is 3.54. The summed E-state index contributed by atoms with van der Waals surface area (Å²) in [4.78, 5) is 28.6. The maximum absolute atomic E-state index is 13.2. The van der Waals surface area contributed by atoms with Gasteiger partial charge >= 0.3 is 0 Å². The quantitative estimate of drug-likeness (QED) is 0.337. The van der Waals surface area contributed by atoms with Crippen LogP contribution in [0.2, 0.25) is 0 Å². The number of aryl methyl sites for hydroxylation is 2. The van der Waals surface area contributed by atoms with Crippen LogP contribution in [0.4, 0.5) is 5.69 Å². The van der Waals surface area contributed by atoms with Gasteiger partial charge in [-0.3, -0.25) is 14.5 Å². The van der Waals surface area contributed by atoms with Gasteiger partial charge in [-0.25, -0.2) is 0 Å². The molecule has 1 aromatic heterocycles. The highest BCUT2D eigenvalue weighted by Crippen LogP contribution is 2.45. The minimum Gasteiger partial charge on any atom is -0.507 e. The summed E-state index contributed by atoms with van der Waals surface area (Å²) in [5.74, 6) is -0.821. The number of Topliss-reactive ketones (excluding diaryl/α,β-unsaturated/α-hetero) is 1. The molecule has 32 heavy (non-hydrogen) atoms. The van der Waals surface area contributed by atoms with Crippen LogP contribution in [-0.2, 0) is 9.59 Å². The molecule has 0 bridgehead atoms.